The van der Waals surface area contributed by atoms with Gasteiger partial charge in [-0.25, -0.2) is 4.79 Å². The maximum absolute atomic E-state index is 11.1. The fourth-order valence-corrected chi connectivity index (χ4v) is 2.99. The SMILES string of the molecule is C=CC(=O)OC(O)(CO)CCCCCCCCCCCCCCCC. The van der Waals surface area contributed by atoms with E-state index in [0.29, 0.717) is 0 Å². The van der Waals surface area contributed by atoms with E-state index < -0.39 is 18.4 Å². The molecule has 0 heterocycles. The number of esters is 1. The maximum atomic E-state index is 11.1. The van der Waals surface area contributed by atoms with Gasteiger partial charge in [-0.05, 0) is 6.42 Å². The van der Waals surface area contributed by atoms with Crippen molar-refractivity contribution in [1.29, 1.82) is 0 Å². The Hall–Kier alpha value is -0.870. The molecule has 4 heteroatoms. The van der Waals surface area contributed by atoms with Crippen molar-refractivity contribution in [3.05, 3.63) is 12.7 Å². The lowest BCUT2D eigenvalue weighted by Gasteiger charge is -2.25. The lowest BCUT2D eigenvalue weighted by atomic mass is 10.0. The van der Waals surface area contributed by atoms with Crippen LogP contribution in [0.5, 0.6) is 0 Å². The molecule has 0 fully saturated rings. The van der Waals surface area contributed by atoms with Crippen LogP contribution in [0.2, 0.25) is 0 Å². The second-order valence-corrected chi connectivity index (χ2v) is 7.08. The molecule has 0 aromatic heterocycles. The number of hydrogen-bond acceptors (Lipinski definition) is 4. The van der Waals surface area contributed by atoms with E-state index in [0.717, 1.165) is 25.3 Å². The maximum Gasteiger partial charge on any atom is 0.332 e. The van der Waals surface area contributed by atoms with Gasteiger partial charge in [-0.1, -0.05) is 97.0 Å². The van der Waals surface area contributed by atoms with Crippen LogP contribution < -0.4 is 0 Å². The van der Waals surface area contributed by atoms with Gasteiger partial charge in [-0.2, -0.15) is 0 Å². The number of hydrogen-bond donors (Lipinski definition) is 2. The molecule has 1 unspecified atom stereocenters. The molecule has 0 aromatic carbocycles. The van der Waals surface area contributed by atoms with Crippen molar-refractivity contribution in [3.8, 4) is 0 Å². The molecule has 0 amide bonds. The molecular weight excluding hydrogens is 316 g/mol. The van der Waals surface area contributed by atoms with Crippen molar-refractivity contribution >= 4 is 5.97 Å². The number of aliphatic hydroxyl groups excluding tert-OH is 1. The molecule has 0 saturated carbocycles. The third-order valence-electron chi connectivity index (χ3n) is 4.63. The first-order valence-corrected chi connectivity index (χ1v) is 10.3. The minimum absolute atomic E-state index is 0.265. The summed E-state index contributed by atoms with van der Waals surface area (Å²) in [6.07, 6.45) is 18.9. The fourth-order valence-electron chi connectivity index (χ4n) is 2.99. The molecule has 0 bridgehead atoms. The first-order valence-electron chi connectivity index (χ1n) is 10.3. The number of aliphatic hydroxyl groups is 2. The van der Waals surface area contributed by atoms with E-state index in [4.69, 9.17) is 4.74 Å². The number of ether oxygens (including phenoxy) is 1. The smallest absolute Gasteiger partial charge is 0.332 e. The van der Waals surface area contributed by atoms with E-state index in [-0.39, 0.29) is 6.42 Å². The number of carbonyl (C=O) groups is 1. The minimum Gasteiger partial charge on any atom is -0.428 e. The largest absolute Gasteiger partial charge is 0.428 e. The molecular formula is C21H40O4. The summed E-state index contributed by atoms with van der Waals surface area (Å²) in [4.78, 5) is 11.1. The van der Waals surface area contributed by atoms with Crippen molar-refractivity contribution < 1.29 is 19.7 Å². The Labute approximate surface area is 154 Å². The summed E-state index contributed by atoms with van der Waals surface area (Å²) in [5.74, 6) is -2.47. The monoisotopic (exact) mass is 356 g/mol. The summed E-state index contributed by atoms with van der Waals surface area (Å²) in [6.45, 7) is 4.96. The highest BCUT2D eigenvalue weighted by Gasteiger charge is 2.29. The Kier molecular flexibility index (Phi) is 16.0. The van der Waals surface area contributed by atoms with Crippen LogP contribution in [0.1, 0.15) is 103 Å². The predicted octanol–water partition coefficient (Wildman–Crippen LogP) is 5.27. The van der Waals surface area contributed by atoms with Crippen LogP contribution in [-0.2, 0) is 9.53 Å². The molecule has 4 nitrogen and oxygen atoms in total. The molecule has 148 valence electrons. The average molecular weight is 357 g/mol. The molecule has 0 aliphatic heterocycles. The lowest BCUT2D eigenvalue weighted by Crippen LogP contribution is -2.38. The second-order valence-electron chi connectivity index (χ2n) is 7.08. The van der Waals surface area contributed by atoms with Crippen molar-refractivity contribution in [2.24, 2.45) is 0 Å². The summed E-state index contributed by atoms with van der Waals surface area (Å²) < 4.78 is 4.80. The van der Waals surface area contributed by atoms with E-state index in [1.54, 1.807) is 0 Å². The van der Waals surface area contributed by atoms with Crippen LogP contribution in [0.25, 0.3) is 0 Å². The van der Waals surface area contributed by atoms with Gasteiger partial charge in [0.25, 0.3) is 0 Å². The zero-order valence-electron chi connectivity index (χ0n) is 16.3. The lowest BCUT2D eigenvalue weighted by molar-refractivity contribution is -0.221. The van der Waals surface area contributed by atoms with Crippen LogP contribution in [-0.4, -0.2) is 28.6 Å². The molecule has 0 saturated heterocycles. The van der Waals surface area contributed by atoms with Gasteiger partial charge < -0.3 is 14.9 Å². The number of unbranched alkanes of at least 4 members (excludes halogenated alkanes) is 13. The van der Waals surface area contributed by atoms with Crippen molar-refractivity contribution in [2.45, 2.75) is 109 Å². The van der Waals surface area contributed by atoms with Gasteiger partial charge in [-0.15, -0.1) is 0 Å². The summed E-state index contributed by atoms with van der Waals surface area (Å²) in [6, 6.07) is 0. The average Bonchev–Trinajstić information content (AvgIpc) is 2.61. The summed E-state index contributed by atoms with van der Waals surface area (Å²) in [5.41, 5.74) is 0. The van der Waals surface area contributed by atoms with E-state index in [1.807, 2.05) is 0 Å². The van der Waals surface area contributed by atoms with E-state index in [1.165, 1.54) is 70.6 Å². The normalized spacial score (nSPS) is 13.4. The summed E-state index contributed by atoms with van der Waals surface area (Å²) in [7, 11) is 0. The second kappa shape index (κ2) is 16.6. The van der Waals surface area contributed by atoms with Crippen LogP contribution in [0.4, 0.5) is 0 Å². The van der Waals surface area contributed by atoms with Crippen LogP contribution in [0.3, 0.4) is 0 Å². The van der Waals surface area contributed by atoms with Gasteiger partial charge in [0.05, 0.1) is 0 Å². The molecule has 0 rings (SSSR count). The molecule has 1 atom stereocenters. The molecule has 0 aliphatic carbocycles. The third kappa shape index (κ3) is 15.1. The fraction of sp³-hybridized carbons (Fsp3) is 0.857. The standard InChI is InChI=1S/C21H40O4/c1-3-5-6-7-8-9-10-11-12-13-14-15-16-17-18-21(24,19-22)25-20(23)4-2/h4,22,24H,2-3,5-19H2,1H3. The number of carbonyl (C=O) groups excluding carboxylic acids is 1. The predicted molar refractivity (Wildman–Crippen MR) is 103 cm³/mol. The molecule has 2 N–H and O–H groups in total. The zero-order valence-corrected chi connectivity index (χ0v) is 16.3. The molecule has 25 heavy (non-hydrogen) atoms. The van der Waals surface area contributed by atoms with E-state index in [2.05, 4.69) is 13.5 Å². The summed E-state index contributed by atoms with van der Waals surface area (Å²) in [5, 5.41) is 19.1. The van der Waals surface area contributed by atoms with Crippen LogP contribution in [0, 0.1) is 0 Å². The topological polar surface area (TPSA) is 66.8 Å². The van der Waals surface area contributed by atoms with Crippen molar-refractivity contribution in [1.82, 2.24) is 0 Å². The molecule has 0 spiro atoms. The molecule has 0 aliphatic rings. The van der Waals surface area contributed by atoms with Gasteiger partial charge in [0.15, 0.2) is 0 Å². The third-order valence-corrected chi connectivity index (χ3v) is 4.63. The highest BCUT2D eigenvalue weighted by molar-refractivity contribution is 5.81. The van der Waals surface area contributed by atoms with E-state index >= 15 is 0 Å². The Balaban J connectivity index is 3.40. The first kappa shape index (κ1) is 24.1. The highest BCUT2D eigenvalue weighted by atomic mass is 16.7. The first-order chi connectivity index (χ1) is 12.1. The minimum atomic E-state index is -1.76. The molecule has 0 radical (unpaired) electrons. The van der Waals surface area contributed by atoms with Gasteiger partial charge in [0.1, 0.15) is 6.61 Å². The van der Waals surface area contributed by atoms with Crippen molar-refractivity contribution in [2.75, 3.05) is 6.61 Å². The summed E-state index contributed by atoms with van der Waals surface area (Å²) >= 11 is 0. The highest BCUT2D eigenvalue weighted by Crippen LogP contribution is 2.18. The number of rotatable bonds is 18. The Morgan fingerprint density at radius 1 is 0.880 bits per heavy atom. The zero-order chi connectivity index (χ0) is 18.8. The molecule has 0 aromatic rings. The quantitative estimate of drug-likeness (QED) is 0.152. The van der Waals surface area contributed by atoms with Crippen LogP contribution in [0.15, 0.2) is 12.7 Å². The Bertz CT molecular complexity index is 330. The van der Waals surface area contributed by atoms with E-state index in [9.17, 15) is 15.0 Å². The van der Waals surface area contributed by atoms with Crippen LogP contribution >= 0.6 is 0 Å². The van der Waals surface area contributed by atoms with Crippen molar-refractivity contribution in [3.63, 3.8) is 0 Å². The van der Waals surface area contributed by atoms with Gasteiger partial charge >= 0.3 is 5.97 Å². The Morgan fingerprint density at radius 3 is 1.64 bits per heavy atom. The Morgan fingerprint density at radius 2 is 1.28 bits per heavy atom. The van der Waals surface area contributed by atoms with Gasteiger partial charge in [0, 0.05) is 12.5 Å². The van der Waals surface area contributed by atoms with Gasteiger partial charge in [0.2, 0.25) is 5.79 Å². The van der Waals surface area contributed by atoms with Gasteiger partial charge in [-0.3, -0.25) is 0 Å².